The summed E-state index contributed by atoms with van der Waals surface area (Å²) in [6.45, 7) is 0.452. The van der Waals surface area contributed by atoms with Crippen LogP contribution in [0.3, 0.4) is 0 Å². The monoisotopic (exact) mass is 342 g/mol. The Morgan fingerprint density at radius 1 is 1.21 bits per heavy atom. The largest absolute Gasteiger partial charge is 0.358 e. The second-order valence-electron chi connectivity index (χ2n) is 5.18. The first-order chi connectivity index (χ1) is 11.6. The molecule has 0 aliphatic carbocycles. The van der Waals surface area contributed by atoms with E-state index in [0.717, 1.165) is 5.56 Å². The molecule has 0 atom stereocenters. The van der Waals surface area contributed by atoms with Crippen LogP contribution in [0.5, 0.6) is 0 Å². The van der Waals surface area contributed by atoms with Crippen LogP contribution >= 0.6 is 11.6 Å². The predicted octanol–water partition coefficient (Wildman–Crippen LogP) is 2.94. The highest BCUT2D eigenvalue weighted by molar-refractivity contribution is 6.35. The molecular formula is C17H15ClN4O2. The number of rotatable bonds is 4. The van der Waals surface area contributed by atoms with E-state index in [1.54, 1.807) is 30.6 Å². The van der Waals surface area contributed by atoms with Crippen LogP contribution in [0.15, 0.2) is 53.7 Å². The molecule has 2 heterocycles. The third-order valence-electron chi connectivity index (χ3n) is 3.56. The molecule has 0 aliphatic rings. The number of pyridine rings is 2. The maximum absolute atomic E-state index is 12.4. The Morgan fingerprint density at radius 3 is 2.79 bits per heavy atom. The molecule has 2 amide bonds. The lowest BCUT2D eigenvalue weighted by Gasteiger charge is -2.08. The zero-order chi connectivity index (χ0) is 16.9. The van der Waals surface area contributed by atoms with Gasteiger partial charge in [-0.05, 0) is 36.2 Å². The number of fused-ring (bicyclic) bond motifs is 1. The molecule has 7 heteroatoms. The first kappa shape index (κ1) is 16.0. The van der Waals surface area contributed by atoms with Crippen LogP contribution in [-0.4, -0.2) is 22.5 Å². The molecule has 0 unspecified atom stereocenters. The molecule has 6 nitrogen and oxygen atoms in total. The van der Waals surface area contributed by atoms with Crippen molar-refractivity contribution in [1.29, 1.82) is 0 Å². The van der Waals surface area contributed by atoms with Gasteiger partial charge in [-0.15, -0.1) is 0 Å². The Bertz CT molecular complexity index is 925. The van der Waals surface area contributed by atoms with Crippen molar-refractivity contribution in [3.05, 3.63) is 69.7 Å². The third kappa shape index (κ3) is 3.55. The average Bonchev–Trinajstić information content (AvgIpc) is 2.59. The van der Waals surface area contributed by atoms with Gasteiger partial charge in [0.1, 0.15) is 5.69 Å². The van der Waals surface area contributed by atoms with E-state index >= 15 is 0 Å². The summed E-state index contributed by atoms with van der Waals surface area (Å²) in [5, 5.41) is 6.16. The number of urea groups is 1. The Kier molecular flexibility index (Phi) is 4.77. The second kappa shape index (κ2) is 7.14. The summed E-state index contributed by atoms with van der Waals surface area (Å²) in [5.74, 6) is 0. The van der Waals surface area contributed by atoms with Crippen LogP contribution in [-0.2, 0) is 6.42 Å². The smallest absolute Gasteiger partial charge is 0.319 e. The minimum atomic E-state index is -0.434. The van der Waals surface area contributed by atoms with Gasteiger partial charge in [0.15, 0.2) is 0 Å². The SMILES string of the molecule is O=C(NCCc1ccncc1)Nc1c[nH]c2c(Cl)cccc2c1=O. The Labute approximate surface area is 142 Å². The number of aromatic amines is 1. The molecule has 3 N–H and O–H groups in total. The fourth-order valence-corrected chi connectivity index (χ4v) is 2.57. The van der Waals surface area contributed by atoms with E-state index in [1.807, 2.05) is 12.1 Å². The number of hydrogen-bond donors (Lipinski definition) is 3. The van der Waals surface area contributed by atoms with Crippen molar-refractivity contribution in [2.45, 2.75) is 6.42 Å². The number of nitrogens with zero attached hydrogens (tertiary/aromatic N) is 1. The maximum atomic E-state index is 12.4. The van der Waals surface area contributed by atoms with E-state index in [4.69, 9.17) is 11.6 Å². The highest BCUT2D eigenvalue weighted by atomic mass is 35.5. The van der Waals surface area contributed by atoms with Crippen molar-refractivity contribution in [3.8, 4) is 0 Å². The summed E-state index contributed by atoms with van der Waals surface area (Å²) < 4.78 is 0. The van der Waals surface area contributed by atoms with Crippen LogP contribution in [0.4, 0.5) is 10.5 Å². The molecule has 0 saturated carbocycles. The summed E-state index contributed by atoms with van der Waals surface area (Å²) in [6.07, 6.45) is 5.53. The fourth-order valence-electron chi connectivity index (χ4n) is 2.34. The molecule has 3 rings (SSSR count). The van der Waals surface area contributed by atoms with Crippen molar-refractivity contribution >= 4 is 34.2 Å². The van der Waals surface area contributed by atoms with Crippen LogP contribution in [0, 0.1) is 0 Å². The van der Waals surface area contributed by atoms with Gasteiger partial charge in [0.05, 0.1) is 10.5 Å². The number of carbonyl (C=O) groups is 1. The van der Waals surface area contributed by atoms with E-state index in [0.29, 0.717) is 28.9 Å². The Balaban J connectivity index is 1.65. The summed E-state index contributed by atoms with van der Waals surface area (Å²) in [6, 6.07) is 8.38. The molecule has 1 aromatic carbocycles. The lowest BCUT2D eigenvalue weighted by Crippen LogP contribution is -2.32. The number of halogens is 1. The number of aromatic nitrogens is 2. The minimum absolute atomic E-state index is 0.172. The molecule has 3 aromatic rings. The molecule has 0 radical (unpaired) electrons. The van der Waals surface area contributed by atoms with Gasteiger partial charge in [0.25, 0.3) is 0 Å². The molecule has 122 valence electrons. The van der Waals surface area contributed by atoms with Gasteiger partial charge in [-0.2, -0.15) is 0 Å². The average molecular weight is 343 g/mol. The van der Waals surface area contributed by atoms with Crippen LogP contribution in [0.1, 0.15) is 5.56 Å². The van der Waals surface area contributed by atoms with Crippen LogP contribution in [0.25, 0.3) is 10.9 Å². The zero-order valence-electron chi connectivity index (χ0n) is 12.7. The van der Waals surface area contributed by atoms with Crippen LogP contribution < -0.4 is 16.1 Å². The van der Waals surface area contributed by atoms with Crippen molar-refractivity contribution in [2.24, 2.45) is 0 Å². The van der Waals surface area contributed by atoms with Gasteiger partial charge in [0, 0.05) is 30.5 Å². The van der Waals surface area contributed by atoms with Crippen LogP contribution in [0.2, 0.25) is 5.02 Å². The first-order valence-electron chi connectivity index (χ1n) is 7.39. The highest BCUT2D eigenvalue weighted by Crippen LogP contribution is 2.19. The van der Waals surface area contributed by atoms with Gasteiger partial charge >= 0.3 is 6.03 Å². The van der Waals surface area contributed by atoms with E-state index in [-0.39, 0.29) is 11.1 Å². The molecule has 0 saturated heterocycles. The molecule has 24 heavy (non-hydrogen) atoms. The fraction of sp³-hybridized carbons (Fsp3) is 0.118. The van der Waals surface area contributed by atoms with Crippen molar-refractivity contribution < 1.29 is 4.79 Å². The Hall–Kier alpha value is -2.86. The van der Waals surface area contributed by atoms with E-state index < -0.39 is 6.03 Å². The minimum Gasteiger partial charge on any atom is -0.358 e. The molecule has 0 bridgehead atoms. The normalized spacial score (nSPS) is 10.5. The maximum Gasteiger partial charge on any atom is 0.319 e. The van der Waals surface area contributed by atoms with Gasteiger partial charge in [-0.25, -0.2) is 4.79 Å². The zero-order valence-corrected chi connectivity index (χ0v) is 13.4. The third-order valence-corrected chi connectivity index (χ3v) is 3.88. The lowest BCUT2D eigenvalue weighted by molar-refractivity contribution is 0.252. The highest BCUT2D eigenvalue weighted by Gasteiger charge is 2.09. The molecule has 0 spiro atoms. The quantitative estimate of drug-likeness (QED) is 0.681. The summed E-state index contributed by atoms with van der Waals surface area (Å²) >= 11 is 6.04. The van der Waals surface area contributed by atoms with Crippen molar-refractivity contribution in [2.75, 3.05) is 11.9 Å². The number of benzene rings is 1. The first-order valence-corrected chi connectivity index (χ1v) is 7.76. The number of nitrogens with one attached hydrogen (secondary N) is 3. The summed E-state index contributed by atoms with van der Waals surface area (Å²) in [7, 11) is 0. The van der Waals surface area contributed by atoms with Gasteiger partial charge < -0.3 is 15.6 Å². The number of anilines is 1. The standard InChI is InChI=1S/C17H15ClN4O2/c18-13-3-1-2-12-15(13)21-10-14(16(12)23)22-17(24)20-9-6-11-4-7-19-8-5-11/h1-5,7-8,10H,6,9H2,(H,21,23)(H2,20,22,24). The topological polar surface area (TPSA) is 86.9 Å². The van der Waals surface area contributed by atoms with Gasteiger partial charge in [0.2, 0.25) is 5.43 Å². The number of hydrogen-bond acceptors (Lipinski definition) is 3. The number of carbonyl (C=O) groups excluding carboxylic acids is 1. The second-order valence-corrected chi connectivity index (χ2v) is 5.59. The molecule has 2 aromatic heterocycles. The number of H-pyrrole nitrogens is 1. The van der Waals surface area contributed by atoms with Gasteiger partial charge in [-0.3, -0.25) is 9.78 Å². The van der Waals surface area contributed by atoms with E-state index in [2.05, 4.69) is 20.6 Å². The summed E-state index contributed by atoms with van der Waals surface area (Å²) in [5.41, 5.74) is 1.51. The molecule has 0 aliphatic heterocycles. The van der Waals surface area contributed by atoms with Gasteiger partial charge in [-0.1, -0.05) is 17.7 Å². The summed E-state index contributed by atoms with van der Waals surface area (Å²) in [4.78, 5) is 31.2. The predicted molar refractivity (Wildman–Crippen MR) is 94.5 cm³/mol. The number of amides is 2. The number of para-hydroxylation sites is 1. The molecular weight excluding hydrogens is 328 g/mol. The van der Waals surface area contributed by atoms with E-state index in [1.165, 1.54) is 6.20 Å². The van der Waals surface area contributed by atoms with Crippen molar-refractivity contribution in [1.82, 2.24) is 15.3 Å². The molecule has 0 fully saturated rings. The van der Waals surface area contributed by atoms with E-state index in [9.17, 15) is 9.59 Å². The lowest BCUT2D eigenvalue weighted by atomic mass is 10.2. The Morgan fingerprint density at radius 2 is 2.00 bits per heavy atom. The van der Waals surface area contributed by atoms with Crippen molar-refractivity contribution in [3.63, 3.8) is 0 Å².